The van der Waals surface area contributed by atoms with Gasteiger partial charge in [0.15, 0.2) is 0 Å². The molecule has 0 saturated carbocycles. The number of amides is 1. The van der Waals surface area contributed by atoms with Crippen LogP contribution in [0, 0.1) is 19.3 Å². The quantitative estimate of drug-likeness (QED) is 0.659. The van der Waals surface area contributed by atoms with Crippen molar-refractivity contribution in [2.45, 2.75) is 13.0 Å². The second kappa shape index (κ2) is 5.57. The minimum atomic E-state index is -0.351. The SMILES string of the molecule is C#C[C@H](NC(=O)CBr)c1ccc(C)cc1. The maximum Gasteiger partial charge on any atom is 0.231 e. The average Bonchev–Trinajstić information content (AvgIpc) is 2.27. The van der Waals surface area contributed by atoms with Crippen LogP contribution < -0.4 is 5.32 Å². The van der Waals surface area contributed by atoms with E-state index < -0.39 is 0 Å². The summed E-state index contributed by atoms with van der Waals surface area (Å²) in [5.74, 6) is 2.44. The van der Waals surface area contributed by atoms with Gasteiger partial charge in [0.2, 0.25) is 5.91 Å². The van der Waals surface area contributed by atoms with Crippen LogP contribution in [0.5, 0.6) is 0 Å². The van der Waals surface area contributed by atoms with Crippen LogP contribution in [0.1, 0.15) is 17.2 Å². The fraction of sp³-hybridized carbons (Fsp3) is 0.250. The van der Waals surface area contributed by atoms with Crippen LogP contribution in [0.3, 0.4) is 0 Å². The van der Waals surface area contributed by atoms with Gasteiger partial charge >= 0.3 is 0 Å². The van der Waals surface area contributed by atoms with Crippen LogP contribution >= 0.6 is 15.9 Å². The first-order chi connectivity index (χ1) is 7.17. The maximum absolute atomic E-state index is 11.2. The van der Waals surface area contributed by atoms with Crippen molar-refractivity contribution in [1.82, 2.24) is 5.32 Å². The molecule has 0 saturated heterocycles. The normalized spacial score (nSPS) is 11.5. The van der Waals surface area contributed by atoms with E-state index in [1.165, 1.54) is 5.56 Å². The van der Waals surface area contributed by atoms with Crippen LogP contribution in [-0.2, 0) is 4.79 Å². The van der Waals surface area contributed by atoms with Gasteiger partial charge in [-0.2, -0.15) is 0 Å². The fourth-order valence-corrected chi connectivity index (χ4v) is 1.34. The van der Waals surface area contributed by atoms with Crippen molar-refractivity contribution in [3.63, 3.8) is 0 Å². The average molecular weight is 266 g/mol. The van der Waals surface area contributed by atoms with Crippen molar-refractivity contribution in [3.05, 3.63) is 35.4 Å². The van der Waals surface area contributed by atoms with Crippen LogP contribution in [0.25, 0.3) is 0 Å². The smallest absolute Gasteiger partial charge is 0.231 e. The molecule has 0 spiro atoms. The first-order valence-corrected chi connectivity index (χ1v) is 5.67. The van der Waals surface area contributed by atoms with Gasteiger partial charge in [0.05, 0.1) is 5.33 Å². The number of rotatable bonds is 3. The first kappa shape index (κ1) is 11.8. The van der Waals surface area contributed by atoms with E-state index in [1.807, 2.05) is 31.2 Å². The first-order valence-electron chi connectivity index (χ1n) is 4.55. The van der Waals surface area contributed by atoms with Gasteiger partial charge in [0.25, 0.3) is 0 Å². The van der Waals surface area contributed by atoms with E-state index in [1.54, 1.807) is 0 Å². The molecule has 0 bridgehead atoms. The number of carbonyl (C=O) groups is 1. The van der Waals surface area contributed by atoms with E-state index in [0.29, 0.717) is 0 Å². The molecule has 78 valence electrons. The molecule has 0 aromatic heterocycles. The monoisotopic (exact) mass is 265 g/mol. The number of alkyl halides is 1. The number of carbonyl (C=O) groups excluding carboxylic acids is 1. The molecule has 0 radical (unpaired) electrons. The molecule has 0 aliphatic carbocycles. The van der Waals surface area contributed by atoms with Crippen molar-refractivity contribution in [3.8, 4) is 12.3 Å². The lowest BCUT2D eigenvalue weighted by atomic mass is 10.1. The molecule has 0 fully saturated rings. The zero-order valence-corrected chi connectivity index (χ0v) is 10.0. The van der Waals surface area contributed by atoms with Gasteiger partial charge in [-0.25, -0.2) is 0 Å². The summed E-state index contributed by atoms with van der Waals surface area (Å²) in [6.07, 6.45) is 5.37. The standard InChI is InChI=1S/C12H12BrNO/c1-3-11(14-12(15)8-13)10-6-4-9(2)5-7-10/h1,4-7,11H,8H2,2H3,(H,14,15)/t11-/m0/s1. The van der Waals surface area contributed by atoms with Gasteiger partial charge in [0, 0.05) is 0 Å². The molecule has 0 unspecified atom stereocenters. The Bertz CT molecular complexity index is 378. The van der Waals surface area contributed by atoms with Crippen LogP contribution in [0.15, 0.2) is 24.3 Å². The predicted octanol–water partition coefficient (Wildman–Crippen LogP) is 2.18. The minimum absolute atomic E-state index is 0.112. The lowest BCUT2D eigenvalue weighted by molar-refractivity contribution is -0.118. The Morgan fingerprint density at radius 2 is 2.13 bits per heavy atom. The Kier molecular flexibility index (Phi) is 4.38. The van der Waals surface area contributed by atoms with E-state index in [-0.39, 0.29) is 17.3 Å². The summed E-state index contributed by atoms with van der Waals surface area (Å²) in [6, 6.07) is 7.44. The van der Waals surface area contributed by atoms with Crippen molar-refractivity contribution < 1.29 is 4.79 Å². The predicted molar refractivity (Wildman–Crippen MR) is 64.7 cm³/mol. The van der Waals surface area contributed by atoms with Gasteiger partial charge in [0.1, 0.15) is 6.04 Å². The van der Waals surface area contributed by atoms with Gasteiger partial charge < -0.3 is 5.32 Å². The Labute approximate surface area is 98.2 Å². The van der Waals surface area contributed by atoms with Gasteiger partial charge in [-0.1, -0.05) is 51.7 Å². The molecule has 0 aliphatic heterocycles. The highest BCUT2D eigenvalue weighted by atomic mass is 79.9. The molecule has 1 N–H and O–H groups in total. The van der Waals surface area contributed by atoms with Gasteiger partial charge in [-0.15, -0.1) is 6.42 Å². The highest BCUT2D eigenvalue weighted by Gasteiger charge is 2.10. The molecule has 0 heterocycles. The summed E-state index contributed by atoms with van der Waals surface area (Å²) in [4.78, 5) is 11.2. The molecular weight excluding hydrogens is 254 g/mol. The van der Waals surface area contributed by atoms with Crippen molar-refractivity contribution in [1.29, 1.82) is 0 Å². The van der Waals surface area contributed by atoms with Crippen molar-refractivity contribution in [2.24, 2.45) is 0 Å². The maximum atomic E-state index is 11.2. The van der Waals surface area contributed by atoms with E-state index in [0.717, 1.165) is 5.56 Å². The number of terminal acetylenes is 1. The molecule has 0 aliphatic rings. The highest BCUT2D eigenvalue weighted by molar-refractivity contribution is 9.09. The molecule has 3 heteroatoms. The number of benzene rings is 1. The summed E-state index contributed by atoms with van der Waals surface area (Å²) >= 11 is 3.08. The molecule has 15 heavy (non-hydrogen) atoms. The summed E-state index contributed by atoms with van der Waals surface area (Å²) in [5.41, 5.74) is 2.10. The third-order valence-electron chi connectivity index (χ3n) is 2.00. The molecule has 1 rings (SSSR count). The Balaban J connectivity index is 2.80. The second-order valence-corrected chi connectivity index (χ2v) is 3.77. The molecule has 1 atom stereocenters. The van der Waals surface area contributed by atoms with E-state index >= 15 is 0 Å². The number of nitrogens with one attached hydrogen (secondary N) is 1. The topological polar surface area (TPSA) is 29.1 Å². The Morgan fingerprint density at radius 1 is 1.53 bits per heavy atom. The number of hydrogen-bond acceptors (Lipinski definition) is 1. The van der Waals surface area contributed by atoms with Gasteiger partial charge in [-0.05, 0) is 12.5 Å². The minimum Gasteiger partial charge on any atom is -0.338 e. The Hall–Kier alpha value is -1.27. The highest BCUT2D eigenvalue weighted by Crippen LogP contribution is 2.12. The van der Waals surface area contributed by atoms with Crippen molar-refractivity contribution >= 4 is 21.8 Å². The summed E-state index contributed by atoms with van der Waals surface area (Å²) in [5, 5.41) is 2.99. The summed E-state index contributed by atoms with van der Waals surface area (Å²) in [6.45, 7) is 2.01. The third kappa shape index (κ3) is 3.41. The largest absolute Gasteiger partial charge is 0.338 e. The van der Waals surface area contributed by atoms with Crippen LogP contribution in [-0.4, -0.2) is 11.2 Å². The van der Waals surface area contributed by atoms with E-state index in [2.05, 4.69) is 27.2 Å². The van der Waals surface area contributed by atoms with Crippen LogP contribution in [0.2, 0.25) is 0 Å². The summed E-state index contributed by atoms with van der Waals surface area (Å²) < 4.78 is 0. The molecule has 2 nitrogen and oxygen atoms in total. The second-order valence-electron chi connectivity index (χ2n) is 3.21. The Morgan fingerprint density at radius 3 is 2.60 bits per heavy atom. The van der Waals surface area contributed by atoms with Crippen LogP contribution in [0.4, 0.5) is 0 Å². The van der Waals surface area contributed by atoms with Gasteiger partial charge in [-0.3, -0.25) is 4.79 Å². The zero-order chi connectivity index (χ0) is 11.3. The van der Waals surface area contributed by atoms with E-state index in [4.69, 9.17) is 6.42 Å². The lowest BCUT2D eigenvalue weighted by Gasteiger charge is -2.12. The molecule has 1 amide bonds. The fourth-order valence-electron chi connectivity index (χ4n) is 1.18. The zero-order valence-electron chi connectivity index (χ0n) is 8.46. The summed E-state index contributed by atoms with van der Waals surface area (Å²) in [7, 11) is 0. The molecule has 1 aromatic carbocycles. The number of aryl methyl sites for hydroxylation is 1. The lowest BCUT2D eigenvalue weighted by Crippen LogP contribution is -2.28. The van der Waals surface area contributed by atoms with E-state index in [9.17, 15) is 4.79 Å². The molecule has 1 aromatic rings. The molecular formula is C12H12BrNO. The number of hydrogen-bond donors (Lipinski definition) is 1. The third-order valence-corrected chi connectivity index (χ3v) is 2.51. The van der Waals surface area contributed by atoms with Crippen molar-refractivity contribution in [2.75, 3.05) is 5.33 Å². The number of halogens is 1.